The second-order valence-electron chi connectivity index (χ2n) is 3.77. The molecule has 84 valence electrons. The number of aliphatic hydroxyl groups excluding tert-OH is 1. The number of nitrogens with two attached hydrogens (primary N) is 1. The second kappa shape index (κ2) is 6.56. The Labute approximate surface area is 91.3 Å². The molecule has 0 aliphatic rings. The van der Waals surface area contributed by atoms with Crippen molar-refractivity contribution in [3.8, 4) is 0 Å². The van der Waals surface area contributed by atoms with Crippen LogP contribution in [0.3, 0.4) is 0 Å². The van der Waals surface area contributed by atoms with Crippen molar-refractivity contribution in [1.29, 1.82) is 0 Å². The van der Waals surface area contributed by atoms with Gasteiger partial charge in [-0.3, -0.25) is 0 Å². The summed E-state index contributed by atoms with van der Waals surface area (Å²) in [6.45, 7) is 3.88. The molecular formula is C12H20N2O. The molecule has 0 fully saturated rings. The lowest BCUT2D eigenvalue weighted by Gasteiger charge is -2.10. The summed E-state index contributed by atoms with van der Waals surface area (Å²) in [6, 6.07) is 8.35. The van der Waals surface area contributed by atoms with Crippen molar-refractivity contribution in [2.75, 3.05) is 19.6 Å². The van der Waals surface area contributed by atoms with Crippen LogP contribution in [0.15, 0.2) is 24.3 Å². The maximum absolute atomic E-state index is 9.22. The molecule has 0 amide bonds. The average Bonchev–Trinajstić information content (AvgIpc) is 2.26. The predicted molar refractivity (Wildman–Crippen MR) is 62.8 cm³/mol. The molecule has 0 radical (unpaired) electrons. The molecule has 0 bridgehead atoms. The first-order valence-electron chi connectivity index (χ1n) is 5.37. The third-order valence-corrected chi connectivity index (χ3v) is 2.48. The zero-order valence-electron chi connectivity index (χ0n) is 9.24. The van der Waals surface area contributed by atoms with Gasteiger partial charge in [0, 0.05) is 13.1 Å². The lowest BCUT2D eigenvalue weighted by atomic mass is 10.1. The molecule has 0 spiro atoms. The number of benzene rings is 1. The van der Waals surface area contributed by atoms with Crippen molar-refractivity contribution >= 4 is 0 Å². The molecule has 1 atom stereocenters. The Balaban J connectivity index is 2.23. The molecule has 0 aliphatic carbocycles. The minimum atomic E-state index is -0.429. The van der Waals surface area contributed by atoms with Crippen LogP contribution in [-0.2, 0) is 6.42 Å². The monoisotopic (exact) mass is 208 g/mol. The molecule has 3 nitrogen and oxygen atoms in total. The van der Waals surface area contributed by atoms with Crippen LogP contribution < -0.4 is 11.1 Å². The molecule has 0 saturated carbocycles. The Bertz CT molecular complexity index is 289. The number of hydrogen-bond donors (Lipinski definition) is 3. The smallest absolute Gasteiger partial charge is 0.0786 e. The Morgan fingerprint density at radius 3 is 2.80 bits per heavy atom. The van der Waals surface area contributed by atoms with Crippen LogP contribution in [0.4, 0.5) is 0 Å². The van der Waals surface area contributed by atoms with Crippen LogP contribution in [0.2, 0.25) is 0 Å². The van der Waals surface area contributed by atoms with Crippen LogP contribution in [0.25, 0.3) is 0 Å². The standard InChI is InChI=1S/C12H20N2O/c1-10-4-2-3-5-11(10)6-7-14-9-12(15)8-13/h2-5,12,14-15H,6-9,13H2,1H3. The van der Waals surface area contributed by atoms with E-state index in [1.54, 1.807) is 0 Å². The predicted octanol–water partition coefficient (Wildman–Crippen LogP) is 0.447. The van der Waals surface area contributed by atoms with Gasteiger partial charge >= 0.3 is 0 Å². The summed E-state index contributed by atoms with van der Waals surface area (Å²) < 4.78 is 0. The number of hydrogen-bond acceptors (Lipinski definition) is 3. The molecule has 1 unspecified atom stereocenters. The van der Waals surface area contributed by atoms with E-state index in [2.05, 4.69) is 30.4 Å². The third-order valence-electron chi connectivity index (χ3n) is 2.48. The number of aliphatic hydroxyl groups is 1. The van der Waals surface area contributed by atoms with Gasteiger partial charge in [-0.2, -0.15) is 0 Å². The Morgan fingerprint density at radius 1 is 1.40 bits per heavy atom. The number of aryl methyl sites for hydroxylation is 1. The van der Waals surface area contributed by atoms with E-state index in [0.29, 0.717) is 13.1 Å². The van der Waals surface area contributed by atoms with E-state index in [1.165, 1.54) is 11.1 Å². The van der Waals surface area contributed by atoms with Gasteiger partial charge < -0.3 is 16.2 Å². The zero-order chi connectivity index (χ0) is 11.1. The van der Waals surface area contributed by atoms with Gasteiger partial charge in [-0.15, -0.1) is 0 Å². The maximum atomic E-state index is 9.22. The van der Waals surface area contributed by atoms with Gasteiger partial charge in [0.15, 0.2) is 0 Å². The van der Waals surface area contributed by atoms with Crippen molar-refractivity contribution in [1.82, 2.24) is 5.32 Å². The summed E-state index contributed by atoms with van der Waals surface area (Å²) in [5, 5.41) is 12.4. The zero-order valence-corrected chi connectivity index (χ0v) is 9.24. The number of rotatable bonds is 6. The van der Waals surface area contributed by atoms with E-state index < -0.39 is 6.10 Å². The van der Waals surface area contributed by atoms with E-state index >= 15 is 0 Å². The topological polar surface area (TPSA) is 58.3 Å². The Kier molecular flexibility index (Phi) is 5.32. The molecule has 1 aromatic carbocycles. The fraction of sp³-hybridized carbons (Fsp3) is 0.500. The van der Waals surface area contributed by atoms with Gasteiger partial charge in [-0.1, -0.05) is 24.3 Å². The lowest BCUT2D eigenvalue weighted by Crippen LogP contribution is -2.33. The normalized spacial score (nSPS) is 12.7. The highest BCUT2D eigenvalue weighted by Crippen LogP contribution is 2.06. The summed E-state index contributed by atoms with van der Waals surface area (Å²) in [7, 11) is 0. The highest BCUT2D eigenvalue weighted by molar-refractivity contribution is 5.25. The maximum Gasteiger partial charge on any atom is 0.0786 e. The van der Waals surface area contributed by atoms with Crippen molar-refractivity contribution in [3.05, 3.63) is 35.4 Å². The molecule has 0 aromatic heterocycles. The van der Waals surface area contributed by atoms with Crippen LogP contribution in [0, 0.1) is 6.92 Å². The first-order valence-corrected chi connectivity index (χ1v) is 5.37. The van der Waals surface area contributed by atoms with E-state index in [0.717, 1.165) is 13.0 Å². The summed E-state index contributed by atoms with van der Waals surface area (Å²) >= 11 is 0. The molecule has 15 heavy (non-hydrogen) atoms. The minimum Gasteiger partial charge on any atom is -0.390 e. The van der Waals surface area contributed by atoms with Crippen LogP contribution in [-0.4, -0.2) is 30.8 Å². The first-order chi connectivity index (χ1) is 7.24. The molecule has 4 N–H and O–H groups in total. The van der Waals surface area contributed by atoms with Gasteiger partial charge in [0.2, 0.25) is 0 Å². The highest BCUT2D eigenvalue weighted by Gasteiger charge is 2.00. The molecule has 0 heterocycles. The van der Waals surface area contributed by atoms with Gasteiger partial charge in [-0.25, -0.2) is 0 Å². The summed E-state index contributed by atoms with van der Waals surface area (Å²) in [6.07, 6.45) is 0.561. The molecule has 0 aliphatic heterocycles. The van der Waals surface area contributed by atoms with Crippen molar-refractivity contribution < 1.29 is 5.11 Å². The largest absolute Gasteiger partial charge is 0.390 e. The SMILES string of the molecule is Cc1ccccc1CCNCC(O)CN. The highest BCUT2D eigenvalue weighted by atomic mass is 16.3. The summed E-state index contributed by atoms with van der Waals surface area (Å²) in [4.78, 5) is 0. The molecular weight excluding hydrogens is 188 g/mol. The van der Waals surface area contributed by atoms with Crippen molar-refractivity contribution in [3.63, 3.8) is 0 Å². The second-order valence-corrected chi connectivity index (χ2v) is 3.77. The Hall–Kier alpha value is -0.900. The fourth-order valence-electron chi connectivity index (χ4n) is 1.47. The van der Waals surface area contributed by atoms with Crippen LogP contribution in [0.1, 0.15) is 11.1 Å². The van der Waals surface area contributed by atoms with Crippen LogP contribution in [0.5, 0.6) is 0 Å². The first kappa shape index (κ1) is 12.2. The average molecular weight is 208 g/mol. The molecule has 1 rings (SSSR count). The van der Waals surface area contributed by atoms with Gasteiger partial charge in [0.1, 0.15) is 0 Å². The fourth-order valence-corrected chi connectivity index (χ4v) is 1.47. The number of nitrogens with one attached hydrogen (secondary N) is 1. The van der Waals surface area contributed by atoms with Crippen molar-refractivity contribution in [2.24, 2.45) is 5.73 Å². The minimum absolute atomic E-state index is 0.317. The quantitative estimate of drug-likeness (QED) is 0.595. The van der Waals surface area contributed by atoms with E-state index in [1.807, 2.05) is 6.07 Å². The van der Waals surface area contributed by atoms with Crippen molar-refractivity contribution in [2.45, 2.75) is 19.4 Å². The van der Waals surface area contributed by atoms with E-state index in [9.17, 15) is 5.11 Å². The molecule has 3 heteroatoms. The van der Waals surface area contributed by atoms with Gasteiger partial charge in [-0.05, 0) is 31.0 Å². The van der Waals surface area contributed by atoms with E-state index in [4.69, 9.17) is 5.73 Å². The van der Waals surface area contributed by atoms with Crippen LogP contribution >= 0.6 is 0 Å². The molecule has 0 saturated heterocycles. The molecule has 1 aromatic rings. The Morgan fingerprint density at radius 2 is 2.13 bits per heavy atom. The third kappa shape index (κ3) is 4.42. The summed E-state index contributed by atoms with van der Waals surface area (Å²) in [5.74, 6) is 0. The lowest BCUT2D eigenvalue weighted by molar-refractivity contribution is 0.180. The van der Waals surface area contributed by atoms with Gasteiger partial charge in [0.05, 0.1) is 6.10 Å². The van der Waals surface area contributed by atoms with Gasteiger partial charge in [0.25, 0.3) is 0 Å². The van der Waals surface area contributed by atoms with E-state index in [-0.39, 0.29) is 0 Å². The summed E-state index contributed by atoms with van der Waals surface area (Å²) in [5.41, 5.74) is 7.97.